The van der Waals surface area contributed by atoms with Crippen LogP contribution in [-0.2, 0) is 14.3 Å². The van der Waals surface area contributed by atoms with Crippen LogP contribution < -0.4 is 24.4 Å². The molecule has 0 amide bonds. The van der Waals surface area contributed by atoms with Crippen LogP contribution in [0.3, 0.4) is 0 Å². The average Bonchev–Trinajstić information content (AvgIpc) is 3.61. The first-order chi connectivity index (χ1) is 21.3. The van der Waals surface area contributed by atoms with Crippen molar-refractivity contribution in [1.82, 2.24) is 4.57 Å². The van der Waals surface area contributed by atoms with Crippen molar-refractivity contribution in [3.8, 4) is 22.8 Å². The molecule has 11 heteroatoms. The normalized spacial score (nSPS) is 14.6. The molecule has 0 unspecified atom stereocenters. The summed E-state index contributed by atoms with van der Waals surface area (Å²) < 4.78 is 29.7. The Morgan fingerprint density at radius 2 is 1.75 bits per heavy atom. The van der Waals surface area contributed by atoms with Gasteiger partial charge in [-0.2, -0.15) is 0 Å². The summed E-state index contributed by atoms with van der Waals surface area (Å²) in [6, 6.07) is 15.0. The minimum atomic E-state index is -0.810. The summed E-state index contributed by atoms with van der Waals surface area (Å²) >= 11 is 1.19. The Bertz CT molecular complexity index is 1930. The molecule has 44 heavy (non-hydrogen) atoms. The molecule has 1 aliphatic rings. The highest BCUT2D eigenvalue weighted by molar-refractivity contribution is 7.07. The highest BCUT2D eigenvalue weighted by Crippen LogP contribution is 2.36. The van der Waals surface area contributed by atoms with Gasteiger partial charge in [0.05, 0.1) is 54.3 Å². The second kappa shape index (κ2) is 13.2. The monoisotopic (exact) mass is 616 g/mol. The minimum Gasteiger partial charge on any atom is -0.493 e. The maximum absolute atomic E-state index is 14.0. The van der Waals surface area contributed by atoms with Crippen LogP contribution in [0.15, 0.2) is 80.1 Å². The molecule has 2 aromatic carbocycles. The third kappa shape index (κ3) is 5.96. The number of hydrogen-bond donors (Lipinski definition) is 0. The van der Waals surface area contributed by atoms with Crippen molar-refractivity contribution in [2.75, 3.05) is 26.9 Å². The van der Waals surface area contributed by atoms with E-state index < -0.39 is 18.0 Å². The fraction of sp³-hybridized carbons (Fsp3) is 0.273. The number of methoxy groups -OCH3 is 1. The van der Waals surface area contributed by atoms with E-state index in [2.05, 4.69) is 4.99 Å². The van der Waals surface area contributed by atoms with Gasteiger partial charge in [0.25, 0.3) is 5.56 Å². The summed E-state index contributed by atoms with van der Waals surface area (Å²) in [6.07, 6.45) is 1.64. The molecule has 0 spiro atoms. The lowest BCUT2D eigenvalue weighted by atomic mass is 9.95. The predicted octanol–water partition coefficient (Wildman–Crippen LogP) is 4.64. The lowest BCUT2D eigenvalue weighted by Gasteiger charge is -2.25. The van der Waals surface area contributed by atoms with Gasteiger partial charge in [-0.15, -0.1) is 0 Å². The number of esters is 2. The van der Waals surface area contributed by atoms with Crippen LogP contribution >= 0.6 is 11.3 Å². The van der Waals surface area contributed by atoms with E-state index in [4.69, 9.17) is 23.4 Å². The number of hydrogen-bond acceptors (Lipinski definition) is 10. The predicted molar refractivity (Wildman–Crippen MR) is 165 cm³/mol. The van der Waals surface area contributed by atoms with Gasteiger partial charge in [0.15, 0.2) is 16.3 Å². The van der Waals surface area contributed by atoms with Crippen LogP contribution in [0, 0.1) is 0 Å². The maximum atomic E-state index is 14.0. The van der Waals surface area contributed by atoms with E-state index in [-0.39, 0.29) is 24.3 Å². The first-order valence-electron chi connectivity index (χ1n) is 14.2. The van der Waals surface area contributed by atoms with E-state index in [1.54, 1.807) is 82.5 Å². The third-order valence-electron chi connectivity index (χ3n) is 6.88. The molecule has 0 aliphatic carbocycles. The van der Waals surface area contributed by atoms with Crippen molar-refractivity contribution in [3.05, 3.63) is 102 Å². The van der Waals surface area contributed by atoms with Crippen LogP contribution in [0.4, 0.5) is 0 Å². The SMILES string of the molecule is CCOC(=O)C1=C(C)N=c2s/c(=C\c3ccc(-c4cccc(C(=O)OCC)c4)o3)c(=O)n2[C@@H]1c1ccc(OC)c(OCC)c1. The van der Waals surface area contributed by atoms with Gasteiger partial charge in [-0.25, -0.2) is 14.6 Å². The summed E-state index contributed by atoms with van der Waals surface area (Å²) in [6.45, 7) is 7.92. The summed E-state index contributed by atoms with van der Waals surface area (Å²) in [4.78, 5) is 44.5. The zero-order valence-electron chi connectivity index (χ0n) is 25.0. The second-order valence-corrected chi connectivity index (χ2v) is 10.7. The van der Waals surface area contributed by atoms with Gasteiger partial charge < -0.3 is 23.4 Å². The van der Waals surface area contributed by atoms with Crippen LogP contribution in [-0.4, -0.2) is 43.4 Å². The number of thiazole rings is 1. The lowest BCUT2D eigenvalue weighted by molar-refractivity contribution is -0.139. The van der Waals surface area contributed by atoms with E-state index in [0.717, 1.165) is 0 Å². The Morgan fingerprint density at radius 1 is 0.977 bits per heavy atom. The number of ether oxygens (including phenoxy) is 4. The fourth-order valence-electron chi connectivity index (χ4n) is 4.97. The van der Waals surface area contributed by atoms with E-state index >= 15 is 0 Å². The molecule has 10 nitrogen and oxygen atoms in total. The molecule has 3 heterocycles. The zero-order valence-corrected chi connectivity index (χ0v) is 25.9. The number of allylic oxidation sites excluding steroid dienone is 1. The molecule has 0 saturated heterocycles. The number of fused-ring (bicyclic) bond motifs is 1. The Morgan fingerprint density at radius 3 is 2.48 bits per heavy atom. The fourth-order valence-corrected chi connectivity index (χ4v) is 5.99. The molecular weight excluding hydrogens is 584 g/mol. The number of rotatable bonds is 10. The smallest absolute Gasteiger partial charge is 0.338 e. The number of nitrogens with zero attached hydrogens (tertiary/aromatic N) is 2. The molecule has 5 rings (SSSR count). The van der Waals surface area contributed by atoms with Crippen molar-refractivity contribution >= 4 is 29.4 Å². The second-order valence-electron chi connectivity index (χ2n) is 9.65. The van der Waals surface area contributed by atoms with Gasteiger partial charge in [-0.1, -0.05) is 29.5 Å². The Hall–Kier alpha value is -4.90. The number of carbonyl (C=O) groups excluding carboxylic acids is 2. The van der Waals surface area contributed by atoms with Gasteiger partial charge in [-0.3, -0.25) is 9.36 Å². The Kier molecular flexibility index (Phi) is 9.15. The van der Waals surface area contributed by atoms with E-state index in [1.807, 2.05) is 13.0 Å². The quantitative estimate of drug-likeness (QED) is 0.237. The van der Waals surface area contributed by atoms with Gasteiger partial charge in [0.2, 0.25) is 0 Å². The first kappa shape index (κ1) is 30.6. The number of benzene rings is 2. The molecule has 228 valence electrons. The van der Waals surface area contributed by atoms with Gasteiger partial charge in [-0.05, 0) is 69.7 Å². The minimum absolute atomic E-state index is 0.170. The third-order valence-corrected chi connectivity index (χ3v) is 7.86. The summed E-state index contributed by atoms with van der Waals surface area (Å²) in [5, 5.41) is 0. The Balaban J connectivity index is 1.60. The van der Waals surface area contributed by atoms with Gasteiger partial charge >= 0.3 is 11.9 Å². The van der Waals surface area contributed by atoms with Crippen molar-refractivity contribution < 1.29 is 33.0 Å². The highest BCUT2D eigenvalue weighted by Gasteiger charge is 2.34. The topological polar surface area (TPSA) is 119 Å². The molecule has 0 saturated carbocycles. The van der Waals surface area contributed by atoms with E-state index in [1.165, 1.54) is 15.9 Å². The molecule has 1 atom stereocenters. The molecule has 0 N–H and O–H groups in total. The van der Waals surface area contributed by atoms with Crippen molar-refractivity contribution in [3.63, 3.8) is 0 Å². The van der Waals surface area contributed by atoms with Crippen LogP contribution in [0.25, 0.3) is 17.4 Å². The van der Waals surface area contributed by atoms with Crippen molar-refractivity contribution in [2.45, 2.75) is 33.7 Å². The maximum Gasteiger partial charge on any atom is 0.338 e. The molecule has 0 radical (unpaired) electrons. The standard InChI is InChI=1S/C33H32N2O8S/c1-6-40-26-17-21(12-14-25(26)39-5)29-28(32(38)42-8-3)19(4)34-33-35(29)30(36)27(44-33)18-23-13-15-24(43-23)20-10-9-11-22(16-20)31(37)41-7-2/h9-18,29H,6-8H2,1-5H3/b27-18-/t29-/m1/s1. The molecule has 0 fully saturated rings. The largest absolute Gasteiger partial charge is 0.493 e. The number of furan rings is 1. The average molecular weight is 617 g/mol. The summed E-state index contributed by atoms with van der Waals surface area (Å²) in [5.41, 5.74) is 2.12. The molecule has 0 bridgehead atoms. The van der Waals surface area contributed by atoms with Crippen LogP contribution in [0.5, 0.6) is 11.5 Å². The molecule has 1 aliphatic heterocycles. The van der Waals surface area contributed by atoms with Crippen LogP contribution in [0.2, 0.25) is 0 Å². The van der Waals surface area contributed by atoms with Crippen molar-refractivity contribution in [1.29, 1.82) is 0 Å². The van der Waals surface area contributed by atoms with Gasteiger partial charge in [0, 0.05) is 11.6 Å². The van der Waals surface area contributed by atoms with E-state index in [0.29, 0.717) is 61.3 Å². The van der Waals surface area contributed by atoms with Gasteiger partial charge in [0.1, 0.15) is 11.5 Å². The summed E-state index contributed by atoms with van der Waals surface area (Å²) in [7, 11) is 1.55. The zero-order chi connectivity index (χ0) is 31.4. The number of aromatic nitrogens is 1. The van der Waals surface area contributed by atoms with Crippen LogP contribution in [0.1, 0.15) is 55.4 Å². The Labute approximate surface area is 257 Å². The lowest BCUT2D eigenvalue weighted by Crippen LogP contribution is -2.39. The molecule has 2 aromatic heterocycles. The molecular formula is C33H32N2O8S. The highest BCUT2D eigenvalue weighted by atomic mass is 32.1. The molecule has 4 aromatic rings. The first-order valence-corrected chi connectivity index (χ1v) is 15.0. The summed E-state index contributed by atoms with van der Waals surface area (Å²) in [5.74, 6) is 1.01. The van der Waals surface area contributed by atoms with Crippen molar-refractivity contribution in [2.24, 2.45) is 4.99 Å². The number of carbonyl (C=O) groups is 2. The van der Waals surface area contributed by atoms with E-state index in [9.17, 15) is 14.4 Å².